The number of non-ortho nitro benzene ring substituents is 1. The molecule has 7 nitrogen and oxygen atoms in total. The lowest BCUT2D eigenvalue weighted by atomic mass is 10.1. The van der Waals surface area contributed by atoms with Gasteiger partial charge in [0.2, 0.25) is 0 Å². The van der Waals surface area contributed by atoms with Crippen LogP contribution in [0.1, 0.15) is 19.4 Å². The molecule has 4 rings (SSSR count). The first-order valence-corrected chi connectivity index (χ1v) is 11.6. The quantitative estimate of drug-likeness (QED) is 0.386. The van der Waals surface area contributed by atoms with Gasteiger partial charge < -0.3 is 10.6 Å². The lowest BCUT2D eigenvalue weighted by molar-refractivity contribution is -0.384. The highest BCUT2D eigenvalue weighted by Gasteiger charge is 2.22. The van der Waals surface area contributed by atoms with Crippen LogP contribution in [0.25, 0.3) is 10.2 Å². The van der Waals surface area contributed by atoms with E-state index in [-0.39, 0.29) is 10.6 Å². The Bertz CT molecular complexity index is 1080. The number of nitrogens with one attached hydrogen (secondary N) is 2. The molecule has 0 saturated carbocycles. The SMILES string of the molecule is CC(C)[C@H]1CS/C(=N\c2ccc(CCNc3nc4ccc([N+](=O)[O-])cc4s3)cc2)N1. The smallest absolute Gasteiger partial charge is 0.270 e. The zero-order valence-corrected chi connectivity index (χ0v) is 18.4. The van der Waals surface area contributed by atoms with E-state index in [1.54, 1.807) is 23.9 Å². The maximum atomic E-state index is 10.9. The van der Waals surface area contributed by atoms with Crippen LogP contribution < -0.4 is 10.6 Å². The number of rotatable bonds is 7. The minimum absolute atomic E-state index is 0.0901. The number of fused-ring (bicyclic) bond motifs is 1. The van der Waals surface area contributed by atoms with E-state index in [1.807, 2.05) is 12.1 Å². The predicted octanol–water partition coefficient (Wildman–Crippen LogP) is 5.21. The van der Waals surface area contributed by atoms with Gasteiger partial charge in [-0.15, -0.1) is 0 Å². The number of thioether (sulfide) groups is 1. The minimum Gasteiger partial charge on any atom is -0.361 e. The second-order valence-electron chi connectivity index (χ2n) is 7.49. The molecule has 2 N–H and O–H groups in total. The molecule has 156 valence electrons. The number of nitrogens with zero attached hydrogens (tertiary/aromatic N) is 3. The summed E-state index contributed by atoms with van der Waals surface area (Å²) in [6, 6.07) is 13.5. The van der Waals surface area contributed by atoms with Crippen molar-refractivity contribution in [2.24, 2.45) is 10.9 Å². The third kappa shape index (κ3) is 4.91. The Morgan fingerprint density at radius 3 is 2.80 bits per heavy atom. The molecule has 30 heavy (non-hydrogen) atoms. The Labute approximate surface area is 183 Å². The van der Waals surface area contributed by atoms with E-state index in [0.29, 0.717) is 12.0 Å². The van der Waals surface area contributed by atoms with Crippen LogP contribution in [0, 0.1) is 16.0 Å². The van der Waals surface area contributed by atoms with Gasteiger partial charge in [0.25, 0.3) is 5.69 Å². The average molecular weight is 442 g/mol. The Kier molecular flexibility index (Phi) is 6.19. The van der Waals surface area contributed by atoms with Crippen molar-refractivity contribution < 1.29 is 4.92 Å². The number of hydrogen-bond donors (Lipinski definition) is 2. The van der Waals surface area contributed by atoms with Gasteiger partial charge in [-0.05, 0) is 36.1 Å². The van der Waals surface area contributed by atoms with Crippen molar-refractivity contribution in [1.29, 1.82) is 0 Å². The molecule has 2 heterocycles. The number of nitro benzene ring substituents is 1. The van der Waals surface area contributed by atoms with Gasteiger partial charge in [-0.25, -0.2) is 9.98 Å². The molecule has 3 aromatic rings. The van der Waals surface area contributed by atoms with Crippen LogP contribution in [-0.4, -0.2) is 33.4 Å². The molecular weight excluding hydrogens is 418 g/mol. The van der Waals surface area contributed by atoms with Gasteiger partial charge in [0.1, 0.15) is 0 Å². The second-order valence-corrected chi connectivity index (χ2v) is 9.53. The molecule has 1 aliphatic rings. The Hall–Kier alpha value is -2.65. The molecule has 0 unspecified atom stereocenters. The molecule has 0 aliphatic carbocycles. The normalized spacial score (nSPS) is 17.6. The number of amidine groups is 1. The maximum absolute atomic E-state index is 10.9. The van der Waals surface area contributed by atoms with Gasteiger partial charge in [0, 0.05) is 30.5 Å². The molecular formula is C21H23N5O2S2. The van der Waals surface area contributed by atoms with E-state index in [9.17, 15) is 10.1 Å². The van der Waals surface area contributed by atoms with E-state index < -0.39 is 0 Å². The van der Waals surface area contributed by atoms with Crippen LogP contribution in [0.5, 0.6) is 0 Å². The van der Waals surface area contributed by atoms with Gasteiger partial charge in [-0.2, -0.15) is 0 Å². The number of nitro groups is 1. The fourth-order valence-corrected chi connectivity index (χ4v) is 5.24. The maximum Gasteiger partial charge on any atom is 0.270 e. The molecule has 0 amide bonds. The van der Waals surface area contributed by atoms with Crippen molar-refractivity contribution in [1.82, 2.24) is 10.3 Å². The number of aliphatic imine (C=N–C) groups is 1. The Morgan fingerprint density at radius 1 is 1.30 bits per heavy atom. The third-order valence-corrected chi connectivity index (χ3v) is 6.94. The van der Waals surface area contributed by atoms with Crippen molar-refractivity contribution in [2.75, 3.05) is 17.6 Å². The fraction of sp³-hybridized carbons (Fsp3) is 0.333. The first-order valence-electron chi connectivity index (χ1n) is 9.84. The second kappa shape index (κ2) is 9.01. The number of thiazole rings is 1. The largest absolute Gasteiger partial charge is 0.361 e. The van der Waals surface area contributed by atoms with Crippen LogP contribution in [-0.2, 0) is 6.42 Å². The van der Waals surface area contributed by atoms with Crippen LogP contribution in [0.15, 0.2) is 47.5 Å². The molecule has 1 fully saturated rings. The molecule has 1 aromatic heterocycles. The van der Waals surface area contributed by atoms with E-state index in [0.717, 1.165) is 44.9 Å². The summed E-state index contributed by atoms with van der Waals surface area (Å²) in [4.78, 5) is 19.7. The van der Waals surface area contributed by atoms with Gasteiger partial charge in [-0.1, -0.05) is 49.1 Å². The predicted molar refractivity (Wildman–Crippen MR) is 126 cm³/mol. The summed E-state index contributed by atoms with van der Waals surface area (Å²) in [5.41, 5.74) is 3.04. The Balaban J connectivity index is 1.31. The van der Waals surface area contributed by atoms with Gasteiger partial charge in [0.05, 0.1) is 20.8 Å². The molecule has 1 saturated heterocycles. The van der Waals surface area contributed by atoms with E-state index in [2.05, 4.69) is 41.6 Å². The summed E-state index contributed by atoms with van der Waals surface area (Å²) in [7, 11) is 0. The summed E-state index contributed by atoms with van der Waals surface area (Å²) in [6.07, 6.45) is 0.856. The Morgan fingerprint density at radius 2 is 2.10 bits per heavy atom. The first kappa shape index (κ1) is 20.6. The molecule has 0 spiro atoms. The van der Waals surface area contributed by atoms with Crippen molar-refractivity contribution in [3.05, 3.63) is 58.1 Å². The molecule has 9 heteroatoms. The van der Waals surface area contributed by atoms with Crippen LogP contribution in [0.4, 0.5) is 16.5 Å². The van der Waals surface area contributed by atoms with Crippen LogP contribution >= 0.6 is 23.1 Å². The zero-order valence-electron chi connectivity index (χ0n) is 16.8. The molecule has 1 aliphatic heterocycles. The van der Waals surface area contributed by atoms with Gasteiger partial charge in [-0.3, -0.25) is 10.1 Å². The zero-order chi connectivity index (χ0) is 21.1. The lowest BCUT2D eigenvalue weighted by Crippen LogP contribution is -2.31. The first-order chi connectivity index (χ1) is 14.5. The van der Waals surface area contributed by atoms with Crippen molar-refractivity contribution in [2.45, 2.75) is 26.3 Å². The number of hydrogen-bond acceptors (Lipinski definition) is 7. The summed E-state index contributed by atoms with van der Waals surface area (Å²) in [6.45, 7) is 5.19. The average Bonchev–Trinajstić information content (AvgIpc) is 3.35. The summed E-state index contributed by atoms with van der Waals surface area (Å²) in [5.74, 6) is 1.67. The van der Waals surface area contributed by atoms with Crippen LogP contribution in [0.3, 0.4) is 0 Å². The van der Waals surface area contributed by atoms with E-state index >= 15 is 0 Å². The van der Waals surface area contributed by atoms with Crippen molar-refractivity contribution >= 4 is 55.0 Å². The fourth-order valence-electron chi connectivity index (χ4n) is 3.10. The van der Waals surface area contributed by atoms with Gasteiger partial charge >= 0.3 is 0 Å². The van der Waals surface area contributed by atoms with E-state index in [1.165, 1.54) is 23.0 Å². The summed E-state index contributed by atoms with van der Waals surface area (Å²) >= 11 is 3.21. The summed E-state index contributed by atoms with van der Waals surface area (Å²) < 4.78 is 0.813. The molecule has 2 aromatic carbocycles. The standard InChI is InChI=1S/C21H23N5O2S2/c1-13(2)18-12-29-21(25-18)23-15-5-3-14(4-6-15)9-10-22-20-24-17-8-7-16(26(27)28)11-19(17)30-20/h3-8,11,13,18H,9-10,12H2,1-2H3,(H,22,24)(H,23,25)/t18-/m1/s1. The van der Waals surface area contributed by atoms with Crippen molar-refractivity contribution in [3.63, 3.8) is 0 Å². The molecule has 0 bridgehead atoms. The highest BCUT2D eigenvalue weighted by Crippen LogP contribution is 2.29. The summed E-state index contributed by atoms with van der Waals surface area (Å²) in [5, 5.41) is 19.5. The topological polar surface area (TPSA) is 92.5 Å². The molecule has 0 radical (unpaired) electrons. The third-order valence-electron chi connectivity index (χ3n) is 4.95. The minimum atomic E-state index is -0.384. The van der Waals surface area contributed by atoms with Crippen LogP contribution in [0.2, 0.25) is 0 Å². The highest BCUT2D eigenvalue weighted by atomic mass is 32.2. The monoisotopic (exact) mass is 441 g/mol. The van der Waals surface area contributed by atoms with E-state index in [4.69, 9.17) is 4.99 Å². The number of anilines is 1. The lowest BCUT2D eigenvalue weighted by Gasteiger charge is -2.13. The number of aromatic nitrogens is 1. The highest BCUT2D eigenvalue weighted by molar-refractivity contribution is 8.14. The van der Waals surface area contributed by atoms with Crippen molar-refractivity contribution in [3.8, 4) is 0 Å². The number of benzene rings is 2. The van der Waals surface area contributed by atoms with Gasteiger partial charge in [0.15, 0.2) is 10.3 Å². The molecule has 1 atom stereocenters.